The summed E-state index contributed by atoms with van der Waals surface area (Å²) in [6, 6.07) is 8.02. The van der Waals surface area contributed by atoms with E-state index in [1.807, 2.05) is 24.0 Å². The standard InChI is InChI=1S/C18H28N2O2/c1-3-22-17-8-6-15(7-9-17)4-5-16-10-12-20(13-11-16)18(21)14(2)19/h6-9,14,16H,3-5,10-13,19H2,1-2H3. The Morgan fingerprint density at radius 2 is 1.95 bits per heavy atom. The van der Waals surface area contributed by atoms with Crippen LogP contribution < -0.4 is 10.5 Å². The number of benzene rings is 1. The van der Waals surface area contributed by atoms with Crippen LogP contribution in [-0.2, 0) is 11.2 Å². The maximum Gasteiger partial charge on any atom is 0.239 e. The number of nitrogens with two attached hydrogens (primary N) is 1. The number of nitrogens with zero attached hydrogens (tertiary/aromatic N) is 1. The van der Waals surface area contributed by atoms with Gasteiger partial charge in [0.1, 0.15) is 5.75 Å². The molecule has 4 heteroatoms. The van der Waals surface area contributed by atoms with Crippen molar-refractivity contribution in [3.05, 3.63) is 29.8 Å². The largest absolute Gasteiger partial charge is 0.494 e. The first kappa shape index (κ1) is 16.8. The van der Waals surface area contributed by atoms with Gasteiger partial charge in [0, 0.05) is 13.1 Å². The minimum absolute atomic E-state index is 0.0879. The van der Waals surface area contributed by atoms with Gasteiger partial charge < -0.3 is 15.4 Å². The molecule has 0 aromatic heterocycles. The van der Waals surface area contributed by atoms with Gasteiger partial charge in [0.25, 0.3) is 0 Å². The highest BCUT2D eigenvalue weighted by atomic mass is 16.5. The fourth-order valence-electron chi connectivity index (χ4n) is 3.02. The first-order valence-corrected chi connectivity index (χ1v) is 8.36. The number of likely N-dealkylation sites (tertiary alicyclic amines) is 1. The van der Waals surface area contributed by atoms with Crippen LogP contribution in [0.1, 0.15) is 38.7 Å². The summed E-state index contributed by atoms with van der Waals surface area (Å²) in [5.41, 5.74) is 7.03. The van der Waals surface area contributed by atoms with Gasteiger partial charge in [-0.25, -0.2) is 0 Å². The van der Waals surface area contributed by atoms with Crippen LogP contribution in [0, 0.1) is 5.92 Å². The second-order valence-electron chi connectivity index (χ2n) is 6.17. The van der Waals surface area contributed by atoms with Gasteiger partial charge in [-0.1, -0.05) is 12.1 Å². The second kappa shape index (κ2) is 8.18. The minimum atomic E-state index is -0.375. The number of aryl methyl sites for hydroxylation is 1. The summed E-state index contributed by atoms with van der Waals surface area (Å²) < 4.78 is 5.46. The average Bonchev–Trinajstić information content (AvgIpc) is 2.54. The molecule has 1 aliphatic heterocycles. The van der Waals surface area contributed by atoms with Crippen LogP contribution in [0.15, 0.2) is 24.3 Å². The lowest BCUT2D eigenvalue weighted by molar-refractivity contribution is -0.133. The molecule has 1 fully saturated rings. The third-order valence-electron chi connectivity index (χ3n) is 4.39. The van der Waals surface area contributed by atoms with Gasteiger partial charge in [-0.15, -0.1) is 0 Å². The van der Waals surface area contributed by atoms with Crippen molar-refractivity contribution >= 4 is 5.91 Å². The zero-order valence-electron chi connectivity index (χ0n) is 13.8. The molecule has 0 bridgehead atoms. The Labute approximate surface area is 133 Å². The third kappa shape index (κ3) is 4.73. The third-order valence-corrected chi connectivity index (χ3v) is 4.39. The molecule has 0 saturated carbocycles. The number of ether oxygens (including phenoxy) is 1. The molecule has 4 nitrogen and oxygen atoms in total. The lowest BCUT2D eigenvalue weighted by Crippen LogP contribution is -2.45. The summed E-state index contributed by atoms with van der Waals surface area (Å²) in [5.74, 6) is 1.74. The molecule has 1 aromatic rings. The predicted octanol–water partition coefficient (Wildman–Crippen LogP) is 2.60. The van der Waals surface area contributed by atoms with E-state index in [1.165, 1.54) is 12.0 Å². The van der Waals surface area contributed by atoms with Crippen LogP contribution in [0.4, 0.5) is 0 Å². The van der Waals surface area contributed by atoms with Gasteiger partial charge in [-0.2, -0.15) is 0 Å². The fraction of sp³-hybridized carbons (Fsp3) is 0.611. The molecule has 1 atom stereocenters. The molecule has 1 heterocycles. The summed E-state index contributed by atoms with van der Waals surface area (Å²) in [4.78, 5) is 13.8. The topological polar surface area (TPSA) is 55.6 Å². The van der Waals surface area contributed by atoms with E-state index < -0.39 is 0 Å². The Kier molecular flexibility index (Phi) is 6.25. The number of hydrogen-bond acceptors (Lipinski definition) is 3. The van der Waals surface area contributed by atoms with Crippen LogP contribution in [0.3, 0.4) is 0 Å². The number of hydrogen-bond donors (Lipinski definition) is 1. The van der Waals surface area contributed by atoms with Gasteiger partial charge in [0.2, 0.25) is 5.91 Å². The minimum Gasteiger partial charge on any atom is -0.494 e. The Balaban J connectivity index is 1.73. The van der Waals surface area contributed by atoms with E-state index in [9.17, 15) is 4.79 Å². The lowest BCUT2D eigenvalue weighted by Gasteiger charge is -2.33. The molecule has 2 N–H and O–H groups in total. The molecular formula is C18H28N2O2. The molecule has 2 rings (SSSR count). The molecular weight excluding hydrogens is 276 g/mol. The quantitative estimate of drug-likeness (QED) is 0.879. The maximum absolute atomic E-state index is 11.9. The molecule has 22 heavy (non-hydrogen) atoms. The van der Waals surface area contributed by atoms with E-state index >= 15 is 0 Å². The number of rotatable bonds is 6. The smallest absolute Gasteiger partial charge is 0.239 e. The summed E-state index contributed by atoms with van der Waals surface area (Å²) in [6.45, 7) is 6.18. The zero-order valence-corrected chi connectivity index (χ0v) is 13.8. The lowest BCUT2D eigenvalue weighted by atomic mass is 9.90. The van der Waals surface area contributed by atoms with Gasteiger partial charge in [-0.3, -0.25) is 4.79 Å². The molecule has 0 radical (unpaired) electrons. The van der Waals surface area contributed by atoms with Crippen molar-refractivity contribution in [1.29, 1.82) is 0 Å². The van der Waals surface area contributed by atoms with Gasteiger partial charge >= 0.3 is 0 Å². The van der Waals surface area contributed by atoms with Crippen molar-refractivity contribution in [3.63, 3.8) is 0 Å². The number of amides is 1. The van der Waals surface area contributed by atoms with Gasteiger partial charge in [0.15, 0.2) is 0 Å². The molecule has 1 aliphatic rings. The van der Waals surface area contributed by atoms with Crippen LogP contribution in [0.2, 0.25) is 0 Å². The summed E-state index contributed by atoms with van der Waals surface area (Å²) in [7, 11) is 0. The molecule has 0 spiro atoms. The fourth-order valence-corrected chi connectivity index (χ4v) is 3.02. The van der Waals surface area contributed by atoms with Crippen molar-refractivity contribution in [2.75, 3.05) is 19.7 Å². The van der Waals surface area contributed by atoms with Gasteiger partial charge in [0.05, 0.1) is 12.6 Å². The Hall–Kier alpha value is -1.55. The SMILES string of the molecule is CCOc1ccc(CCC2CCN(C(=O)C(C)N)CC2)cc1. The van der Waals surface area contributed by atoms with E-state index in [2.05, 4.69) is 12.1 Å². The van der Waals surface area contributed by atoms with Crippen molar-refractivity contribution in [2.45, 2.75) is 45.6 Å². The summed E-state index contributed by atoms with van der Waals surface area (Å²) in [6.07, 6.45) is 4.47. The molecule has 1 amide bonds. The Morgan fingerprint density at radius 1 is 1.32 bits per heavy atom. The molecule has 1 aromatic carbocycles. The predicted molar refractivity (Wildman–Crippen MR) is 88.9 cm³/mol. The summed E-state index contributed by atoms with van der Waals surface area (Å²) >= 11 is 0. The highest BCUT2D eigenvalue weighted by molar-refractivity contribution is 5.81. The monoisotopic (exact) mass is 304 g/mol. The number of piperidine rings is 1. The van der Waals surface area contributed by atoms with Crippen LogP contribution in [0.5, 0.6) is 5.75 Å². The van der Waals surface area contributed by atoms with E-state index in [1.54, 1.807) is 6.92 Å². The van der Waals surface area contributed by atoms with Crippen LogP contribution in [0.25, 0.3) is 0 Å². The van der Waals surface area contributed by atoms with Crippen molar-refractivity contribution < 1.29 is 9.53 Å². The second-order valence-corrected chi connectivity index (χ2v) is 6.17. The zero-order chi connectivity index (χ0) is 15.9. The Morgan fingerprint density at radius 3 is 2.50 bits per heavy atom. The van der Waals surface area contributed by atoms with Crippen molar-refractivity contribution in [1.82, 2.24) is 4.90 Å². The van der Waals surface area contributed by atoms with E-state index in [0.29, 0.717) is 12.5 Å². The van der Waals surface area contributed by atoms with Crippen LogP contribution in [-0.4, -0.2) is 36.5 Å². The Bertz CT molecular complexity index is 462. The molecule has 0 aliphatic carbocycles. The van der Waals surface area contributed by atoms with Crippen molar-refractivity contribution in [3.8, 4) is 5.75 Å². The first-order valence-electron chi connectivity index (χ1n) is 8.36. The normalized spacial score (nSPS) is 17.3. The van der Waals surface area contributed by atoms with Crippen molar-refractivity contribution in [2.24, 2.45) is 11.7 Å². The molecule has 1 unspecified atom stereocenters. The number of carbonyl (C=O) groups excluding carboxylic acids is 1. The van der Waals surface area contributed by atoms with Crippen LogP contribution >= 0.6 is 0 Å². The molecule has 1 saturated heterocycles. The number of carbonyl (C=O) groups is 1. The van der Waals surface area contributed by atoms with E-state index in [4.69, 9.17) is 10.5 Å². The highest BCUT2D eigenvalue weighted by Crippen LogP contribution is 2.23. The van der Waals surface area contributed by atoms with Gasteiger partial charge in [-0.05, 0) is 63.1 Å². The first-order chi connectivity index (χ1) is 10.6. The summed E-state index contributed by atoms with van der Waals surface area (Å²) in [5, 5.41) is 0. The molecule has 122 valence electrons. The maximum atomic E-state index is 11.9. The average molecular weight is 304 g/mol. The van der Waals surface area contributed by atoms with E-state index in [0.717, 1.165) is 38.1 Å². The van der Waals surface area contributed by atoms with E-state index in [-0.39, 0.29) is 11.9 Å². The highest BCUT2D eigenvalue weighted by Gasteiger charge is 2.24.